The molecule has 0 N–H and O–H groups in total. The van der Waals surface area contributed by atoms with Gasteiger partial charge in [0.05, 0.1) is 0 Å². The van der Waals surface area contributed by atoms with E-state index in [-0.39, 0.29) is 0 Å². The number of fused-ring (bicyclic) bond motifs is 6. The lowest BCUT2D eigenvalue weighted by Crippen LogP contribution is -1.92. The maximum Gasteiger partial charge on any atom is 0.253 e. The highest BCUT2D eigenvalue weighted by Crippen LogP contribution is 2.36. The third-order valence-corrected chi connectivity index (χ3v) is 4.18. The van der Waals surface area contributed by atoms with Crippen LogP contribution in [0.25, 0.3) is 32.3 Å². The molecule has 0 spiro atoms. The number of carbonyl (C=O) groups is 1. The van der Waals surface area contributed by atoms with E-state index >= 15 is 0 Å². The third kappa shape index (κ3) is 1.75. The molecule has 21 heavy (non-hydrogen) atoms. The van der Waals surface area contributed by atoms with Crippen molar-refractivity contribution in [3.8, 4) is 0 Å². The molecule has 0 atom stereocenters. The zero-order chi connectivity index (χ0) is 14.4. The molecule has 0 radical (unpaired) electrons. The van der Waals surface area contributed by atoms with E-state index in [0.29, 0.717) is 5.56 Å². The molecule has 0 heterocycles. The Bertz CT molecular complexity index is 973. The summed E-state index contributed by atoms with van der Waals surface area (Å²) < 4.78 is 0. The van der Waals surface area contributed by atoms with Gasteiger partial charge in [-0.3, -0.25) is 4.79 Å². The van der Waals surface area contributed by atoms with E-state index in [4.69, 9.17) is 11.6 Å². The Morgan fingerprint density at radius 2 is 1.05 bits per heavy atom. The number of hydrogen-bond acceptors (Lipinski definition) is 1. The van der Waals surface area contributed by atoms with Crippen LogP contribution in [0.15, 0.2) is 66.7 Å². The largest absolute Gasteiger partial charge is 0.276 e. The molecule has 0 saturated heterocycles. The fourth-order valence-electron chi connectivity index (χ4n) is 3.12. The third-order valence-electron chi connectivity index (χ3n) is 3.98. The molecule has 0 aromatic heterocycles. The topological polar surface area (TPSA) is 17.1 Å². The molecule has 100 valence electrons. The molecule has 0 aliphatic heterocycles. The molecule has 2 heteroatoms. The Kier molecular flexibility index (Phi) is 2.69. The van der Waals surface area contributed by atoms with E-state index in [0.717, 1.165) is 26.9 Å². The highest BCUT2D eigenvalue weighted by molar-refractivity contribution is 6.69. The van der Waals surface area contributed by atoms with Gasteiger partial charge in [0.15, 0.2) is 0 Å². The highest BCUT2D eigenvalue weighted by atomic mass is 35.5. The number of halogens is 1. The van der Waals surface area contributed by atoms with Crippen LogP contribution in [-0.2, 0) is 0 Å². The molecule has 0 saturated carbocycles. The van der Waals surface area contributed by atoms with Gasteiger partial charge in [0.1, 0.15) is 0 Å². The normalized spacial score (nSPS) is 11.3. The summed E-state index contributed by atoms with van der Waals surface area (Å²) in [6.45, 7) is 0. The fraction of sp³-hybridized carbons (Fsp3) is 0. The summed E-state index contributed by atoms with van der Waals surface area (Å²) in [4.78, 5) is 11.8. The Hall–Kier alpha value is -2.38. The minimum Gasteiger partial charge on any atom is -0.276 e. The zero-order valence-corrected chi connectivity index (χ0v) is 11.9. The van der Waals surface area contributed by atoms with Gasteiger partial charge in [-0.05, 0) is 44.6 Å². The summed E-state index contributed by atoms with van der Waals surface area (Å²) in [5.74, 6) is 0. The van der Waals surface area contributed by atoms with Crippen molar-refractivity contribution in [3.05, 3.63) is 72.3 Å². The fourth-order valence-corrected chi connectivity index (χ4v) is 3.28. The predicted molar refractivity (Wildman–Crippen MR) is 89.1 cm³/mol. The van der Waals surface area contributed by atoms with Crippen molar-refractivity contribution in [1.82, 2.24) is 0 Å². The standard InChI is InChI=1S/C19H11ClO/c20-19(21)17-11-5-10-16-14-7-2-1-6-12(14)13-8-3-4-9-15(13)18(16)17/h1-11H. The first-order valence-electron chi connectivity index (χ1n) is 6.79. The van der Waals surface area contributed by atoms with Gasteiger partial charge in [-0.1, -0.05) is 60.7 Å². The Balaban J connectivity index is 2.43. The van der Waals surface area contributed by atoms with Gasteiger partial charge >= 0.3 is 0 Å². The summed E-state index contributed by atoms with van der Waals surface area (Å²) in [5, 5.41) is 6.14. The van der Waals surface area contributed by atoms with Crippen molar-refractivity contribution < 1.29 is 4.79 Å². The maximum atomic E-state index is 11.8. The maximum absolute atomic E-state index is 11.8. The van der Waals surface area contributed by atoms with Crippen LogP contribution in [-0.4, -0.2) is 5.24 Å². The van der Waals surface area contributed by atoms with Crippen LogP contribution in [0.2, 0.25) is 0 Å². The first-order chi connectivity index (χ1) is 10.3. The average Bonchev–Trinajstić information content (AvgIpc) is 2.54. The summed E-state index contributed by atoms with van der Waals surface area (Å²) >= 11 is 5.79. The Labute approximate surface area is 126 Å². The van der Waals surface area contributed by atoms with E-state index in [1.807, 2.05) is 42.5 Å². The molecule has 0 aliphatic carbocycles. The van der Waals surface area contributed by atoms with Gasteiger partial charge in [0.2, 0.25) is 0 Å². The van der Waals surface area contributed by atoms with Crippen LogP contribution in [0.3, 0.4) is 0 Å². The summed E-state index contributed by atoms with van der Waals surface area (Å²) in [6.07, 6.45) is 0. The van der Waals surface area contributed by atoms with Crippen LogP contribution in [0.4, 0.5) is 0 Å². The van der Waals surface area contributed by atoms with Crippen LogP contribution in [0, 0.1) is 0 Å². The molecular weight excluding hydrogens is 280 g/mol. The molecule has 4 rings (SSSR count). The SMILES string of the molecule is O=C(Cl)c1cccc2c3ccccc3c3ccccc3c12. The Morgan fingerprint density at radius 3 is 1.57 bits per heavy atom. The zero-order valence-electron chi connectivity index (χ0n) is 11.1. The van der Waals surface area contributed by atoms with Crippen LogP contribution < -0.4 is 0 Å². The highest BCUT2D eigenvalue weighted by Gasteiger charge is 2.13. The van der Waals surface area contributed by atoms with E-state index < -0.39 is 5.24 Å². The second-order valence-corrected chi connectivity index (χ2v) is 5.44. The molecule has 0 unspecified atom stereocenters. The summed E-state index contributed by atoms with van der Waals surface area (Å²) in [5.41, 5.74) is 0.566. The second kappa shape index (κ2) is 4.57. The van der Waals surface area contributed by atoms with Gasteiger partial charge < -0.3 is 0 Å². The molecule has 0 amide bonds. The first-order valence-corrected chi connectivity index (χ1v) is 7.17. The molecule has 0 bridgehead atoms. The number of benzene rings is 4. The summed E-state index contributed by atoms with van der Waals surface area (Å²) in [6, 6.07) is 22.1. The lowest BCUT2D eigenvalue weighted by atomic mass is 9.92. The molecule has 0 fully saturated rings. The van der Waals surface area contributed by atoms with E-state index in [9.17, 15) is 4.79 Å². The lowest BCUT2D eigenvalue weighted by molar-refractivity contribution is 0.108. The molecule has 1 nitrogen and oxygen atoms in total. The second-order valence-electron chi connectivity index (χ2n) is 5.09. The van der Waals surface area contributed by atoms with Crippen molar-refractivity contribution in [2.45, 2.75) is 0 Å². The average molecular weight is 291 g/mol. The smallest absolute Gasteiger partial charge is 0.253 e. The summed E-state index contributed by atoms with van der Waals surface area (Å²) in [7, 11) is 0. The van der Waals surface area contributed by atoms with Crippen molar-refractivity contribution in [3.63, 3.8) is 0 Å². The van der Waals surface area contributed by atoms with Gasteiger partial charge in [-0.2, -0.15) is 0 Å². The predicted octanol–water partition coefficient (Wildman–Crippen LogP) is 5.53. The lowest BCUT2D eigenvalue weighted by Gasteiger charge is -2.12. The van der Waals surface area contributed by atoms with Crippen LogP contribution >= 0.6 is 11.6 Å². The minimum absolute atomic E-state index is 0.416. The minimum atomic E-state index is -0.416. The van der Waals surface area contributed by atoms with Gasteiger partial charge in [-0.15, -0.1) is 0 Å². The van der Waals surface area contributed by atoms with Gasteiger partial charge in [0, 0.05) is 10.9 Å². The number of carbonyl (C=O) groups excluding carboxylic acids is 1. The van der Waals surface area contributed by atoms with Crippen molar-refractivity contribution >= 4 is 49.2 Å². The number of hydrogen-bond donors (Lipinski definition) is 0. The van der Waals surface area contributed by atoms with E-state index in [1.165, 1.54) is 5.39 Å². The van der Waals surface area contributed by atoms with Crippen LogP contribution in [0.1, 0.15) is 10.4 Å². The van der Waals surface area contributed by atoms with Gasteiger partial charge in [0.25, 0.3) is 5.24 Å². The molecular formula is C19H11ClO. The van der Waals surface area contributed by atoms with E-state index in [1.54, 1.807) is 6.07 Å². The Morgan fingerprint density at radius 1 is 0.619 bits per heavy atom. The molecule has 4 aromatic carbocycles. The van der Waals surface area contributed by atoms with Crippen LogP contribution in [0.5, 0.6) is 0 Å². The van der Waals surface area contributed by atoms with E-state index in [2.05, 4.69) is 18.2 Å². The number of rotatable bonds is 1. The molecule has 0 aliphatic rings. The van der Waals surface area contributed by atoms with Crippen molar-refractivity contribution in [1.29, 1.82) is 0 Å². The monoisotopic (exact) mass is 290 g/mol. The quantitative estimate of drug-likeness (QED) is 0.333. The first kappa shape index (κ1) is 12.4. The van der Waals surface area contributed by atoms with Gasteiger partial charge in [-0.25, -0.2) is 0 Å². The van der Waals surface area contributed by atoms with Crippen molar-refractivity contribution in [2.24, 2.45) is 0 Å². The molecule has 4 aromatic rings. The van der Waals surface area contributed by atoms with Crippen molar-refractivity contribution in [2.75, 3.05) is 0 Å².